The van der Waals surface area contributed by atoms with E-state index in [-0.39, 0.29) is 5.91 Å². The third-order valence-electron chi connectivity index (χ3n) is 3.55. The van der Waals surface area contributed by atoms with Gasteiger partial charge in [0.2, 0.25) is 0 Å². The minimum Gasteiger partial charge on any atom is -0.490 e. The molecule has 134 valence electrons. The Labute approximate surface area is 166 Å². The van der Waals surface area contributed by atoms with E-state index in [0.29, 0.717) is 39.0 Å². The summed E-state index contributed by atoms with van der Waals surface area (Å²) < 4.78 is 12.0. The molecule has 0 bridgehead atoms. The third-order valence-corrected chi connectivity index (χ3v) is 5.08. The van der Waals surface area contributed by atoms with Gasteiger partial charge in [-0.25, -0.2) is 0 Å². The second kappa shape index (κ2) is 8.58. The molecule has 1 amide bonds. The van der Waals surface area contributed by atoms with E-state index in [0.717, 1.165) is 11.1 Å². The molecule has 1 heterocycles. The standard InChI is InChI=1S/C19H16ClNO3S2/c1-2-23-16-9-12(10-17-18(22)21-19(25)26-17)7-8-15(16)24-11-13-5-3-4-6-14(13)20/h3-10H,2,11H2,1H3,(H,21,22,25). The van der Waals surface area contributed by atoms with Crippen molar-refractivity contribution in [2.45, 2.75) is 13.5 Å². The summed E-state index contributed by atoms with van der Waals surface area (Å²) in [4.78, 5) is 12.4. The summed E-state index contributed by atoms with van der Waals surface area (Å²) in [6, 6.07) is 13.1. The molecular formula is C19H16ClNO3S2. The number of carbonyl (C=O) groups is 1. The molecule has 0 aromatic heterocycles. The quantitative estimate of drug-likeness (QED) is 0.552. The van der Waals surface area contributed by atoms with Crippen LogP contribution in [0.1, 0.15) is 18.1 Å². The molecule has 26 heavy (non-hydrogen) atoms. The Morgan fingerprint density at radius 2 is 2.00 bits per heavy atom. The van der Waals surface area contributed by atoms with Gasteiger partial charge in [-0.15, -0.1) is 0 Å². The van der Waals surface area contributed by atoms with Crippen molar-refractivity contribution in [1.29, 1.82) is 0 Å². The lowest BCUT2D eigenvalue weighted by molar-refractivity contribution is -0.115. The van der Waals surface area contributed by atoms with Crippen molar-refractivity contribution in [2.75, 3.05) is 6.61 Å². The van der Waals surface area contributed by atoms with Gasteiger partial charge < -0.3 is 14.8 Å². The molecule has 1 fully saturated rings. The van der Waals surface area contributed by atoms with Gasteiger partial charge in [-0.1, -0.05) is 59.8 Å². The van der Waals surface area contributed by atoms with Gasteiger partial charge in [0.05, 0.1) is 11.5 Å². The maximum Gasteiger partial charge on any atom is 0.263 e. The van der Waals surface area contributed by atoms with Crippen molar-refractivity contribution in [3.8, 4) is 11.5 Å². The molecule has 1 N–H and O–H groups in total. The highest BCUT2D eigenvalue weighted by atomic mass is 35.5. The van der Waals surface area contributed by atoms with Gasteiger partial charge in [-0.3, -0.25) is 4.79 Å². The smallest absolute Gasteiger partial charge is 0.263 e. The van der Waals surface area contributed by atoms with Crippen LogP contribution in [-0.2, 0) is 11.4 Å². The van der Waals surface area contributed by atoms with E-state index >= 15 is 0 Å². The summed E-state index contributed by atoms with van der Waals surface area (Å²) in [5.41, 5.74) is 1.73. The monoisotopic (exact) mass is 405 g/mol. The van der Waals surface area contributed by atoms with Gasteiger partial charge in [-0.05, 0) is 36.8 Å². The average molecular weight is 406 g/mol. The fourth-order valence-corrected chi connectivity index (χ4v) is 3.58. The molecule has 0 aliphatic carbocycles. The number of amides is 1. The van der Waals surface area contributed by atoms with E-state index in [1.54, 1.807) is 6.08 Å². The average Bonchev–Trinajstić information content (AvgIpc) is 2.93. The SMILES string of the molecule is CCOc1cc(C=C2SC(=S)NC2=O)ccc1OCc1ccccc1Cl. The molecular weight excluding hydrogens is 390 g/mol. The summed E-state index contributed by atoms with van der Waals surface area (Å²) in [7, 11) is 0. The Kier molecular flexibility index (Phi) is 6.19. The molecule has 2 aromatic carbocycles. The molecule has 2 aromatic rings. The summed E-state index contributed by atoms with van der Waals surface area (Å²) >= 11 is 12.4. The highest BCUT2D eigenvalue weighted by Crippen LogP contribution is 2.32. The van der Waals surface area contributed by atoms with Crippen LogP contribution in [-0.4, -0.2) is 16.8 Å². The van der Waals surface area contributed by atoms with Crippen molar-refractivity contribution in [2.24, 2.45) is 0 Å². The lowest BCUT2D eigenvalue weighted by Gasteiger charge is -2.13. The first kappa shape index (κ1) is 18.8. The van der Waals surface area contributed by atoms with E-state index < -0.39 is 0 Å². The maximum absolute atomic E-state index is 11.8. The van der Waals surface area contributed by atoms with E-state index in [1.807, 2.05) is 49.4 Å². The number of thioether (sulfide) groups is 1. The minimum absolute atomic E-state index is 0.183. The van der Waals surface area contributed by atoms with Crippen LogP contribution >= 0.6 is 35.6 Å². The molecule has 7 heteroatoms. The van der Waals surface area contributed by atoms with E-state index in [2.05, 4.69) is 5.32 Å². The number of thiocarbonyl (C=S) groups is 1. The second-order valence-corrected chi connectivity index (χ2v) is 7.50. The number of ether oxygens (including phenoxy) is 2. The Balaban J connectivity index is 1.80. The third kappa shape index (κ3) is 4.58. The minimum atomic E-state index is -0.183. The maximum atomic E-state index is 11.8. The van der Waals surface area contributed by atoms with Crippen LogP contribution < -0.4 is 14.8 Å². The van der Waals surface area contributed by atoms with Crippen LogP contribution in [0.2, 0.25) is 5.02 Å². The zero-order chi connectivity index (χ0) is 18.5. The van der Waals surface area contributed by atoms with Gasteiger partial charge in [0, 0.05) is 10.6 Å². The molecule has 0 unspecified atom stereocenters. The normalized spacial score (nSPS) is 15.2. The van der Waals surface area contributed by atoms with Crippen molar-refractivity contribution in [3.05, 3.63) is 63.5 Å². The number of halogens is 1. The highest BCUT2D eigenvalue weighted by Gasteiger charge is 2.22. The summed E-state index contributed by atoms with van der Waals surface area (Å²) in [6.07, 6.45) is 1.78. The Hall–Kier alpha value is -2.02. The van der Waals surface area contributed by atoms with Crippen LogP contribution in [0.4, 0.5) is 0 Å². The van der Waals surface area contributed by atoms with Gasteiger partial charge >= 0.3 is 0 Å². The van der Waals surface area contributed by atoms with Crippen molar-refractivity contribution in [1.82, 2.24) is 5.32 Å². The Morgan fingerprint density at radius 1 is 1.19 bits per heavy atom. The molecule has 0 saturated carbocycles. The molecule has 0 radical (unpaired) electrons. The Morgan fingerprint density at radius 3 is 2.69 bits per heavy atom. The predicted octanol–water partition coefficient (Wildman–Crippen LogP) is 4.81. The highest BCUT2D eigenvalue weighted by molar-refractivity contribution is 8.26. The largest absolute Gasteiger partial charge is 0.490 e. The summed E-state index contributed by atoms with van der Waals surface area (Å²) in [5.74, 6) is 1.05. The lowest BCUT2D eigenvalue weighted by Crippen LogP contribution is -2.17. The van der Waals surface area contributed by atoms with Gasteiger partial charge in [0.15, 0.2) is 11.5 Å². The van der Waals surface area contributed by atoms with Crippen LogP contribution in [0.15, 0.2) is 47.4 Å². The van der Waals surface area contributed by atoms with Crippen molar-refractivity contribution >= 4 is 51.9 Å². The zero-order valence-electron chi connectivity index (χ0n) is 14.0. The number of benzene rings is 2. The first-order valence-electron chi connectivity index (χ1n) is 7.94. The summed E-state index contributed by atoms with van der Waals surface area (Å²) in [6.45, 7) is 2.75. The molecule has 1 aliphatic rings. The van der Waals surface area contributed by atoms with Crippen LogP contribution in [0.3, 0.4) is 0 Å². The zero-order valence-corrected chi connectivity index (χ0v) is 16.3. The van der Waals surface area contributed by atoms with E-state index in [4.69, 9.17) is 33.3 Å². The fourth-order valence-electron chi connectivity index (χ4n) is 2.35. The number of hydrogen-bond donors (Lipinski definition) is 1. The lowest BCUT2D eigenvalue weighted by atomic mass is 10.2. The number of hydrogen-bond acceptors (Lipinski definition) is 5. The van der Waals surface area contributed by atoms with Crippen molar-refractivity contribution in [3.63, 3.8) is 0 Å². The van der Waals surface area contributed by atoms with E-state index in [9.17, 15) is 4.79 Å². The fraction of sp³-hybridized carbons (Fsp3) is 0.158. The molecule has 1 aliphatic heterocycles. The number of carbonyl (C=O) groups excluding carboxylic acids is 1. The van der Waals surface area contributed by atoms with Gasteiger partial charge in [-0.2, -0.15) is 0 Å². The molecule has 0 atom stereocenters. The van der Waals surface area contributed by atoms with Crippen LogP contribution in [0.25, 0.3) is 6.08 Å². The molecule has 1 saturated heterocycles. The second-order valence-electron chi connectivity index (χ2n) is 5.37. The number of nitrogens with one attached hydrogen (secondary N) is 1. The van der Waals surface area contributed by atoms with Gasteiger partial charge in [0.1, 0.15) is 10.9 Å². The van der Waals surface area contributed by atoms with Crippen molar-refractivity contribution < 1.29 is 14.3 Å². The molecule has 4 nitrogen and oxygen atoms in total. The summed E-state index contributed by atoms with van der Waals surface area (Å²) in [5, 5.41) is 3.26. The van der Waals surface area contributed by atoms with Crippen LogP contribution in [0, 0.1) is 0 Å². The molecule has 0 spiro atoms. The first-order chi connectivity index (χ1) is 12.6. The predicted molar refractivity (Wildman–Crippen MR) is 110 cm³/mol. The van der Waals surface area contributed by atoms with E-state index in [1.165, 1.54) is 11.8 Å². The Bertz CT molecular complexity index is 883. The van der Waals surface area contributed by atoms with Crippen LogP contribution in [0.5, 0.6) is 11.5 Å². The molecule has 3 rings (SSSR count). The first-order valence-corrected chi connectivity index (χ1v) is 9.55. The number of rotatable bonds is 6. The topological polar surface area (TPSA) is 47.6 Å². The van der Waals surface area contributed by atoms with Gasteiger partial charge in [0.25, 0.3) is 5.91 Å².